The molecule has 146 valence electrons. The maximum Gasteiger partial charge on any atom is 0.282 e. The van der Waals surface area contributed by atoms with Crippen LogP contribution in [-0.2, 0) is 10.3 Å². The SMILES string of the molecule is CC1(c2cc(NC(=O)c3ncc(F)cc3F)ccc2F)N=C(N)OCC12CC2. The third kappa shape index (κ3) is 2.87. The van der Waals surface area contributed by atoms with E-state index in [2.05, 4.69) is 15.3 Å². The first-order chi connectivity index (χ1) is 13.2. The quantitative estimate of drug-likeness (QED) is 0.843. The highest BCUT2D eigenvalue weighted by Crippen LogP contribution is 2.62. The Morgan fingerprint density at radius 3 is 2.64 bits per heavy atom. The van der Waals surface area contributed by atoms with Gasteiger partial charge in [0.1, 0.15) is 17.2 Å². The van der Waals surface area contributed by atoms with E-state index in [1.165, 1.54) is 18.2 Å². The van der Waals surface area contributed by atoms with Crippen molar-refractivity contribution in [3.63, 3.8) is 0 Å². The molecule has 1 aromatic carbocycles. The molecule has 9 heteroatoms. The van der Waals surface area contributed by atoms with Gasteiger partial charge in [0.2, 0.25) is 0 Å². The summed E-state index contributed by atoms with van der Waals surface area (Å²) in [6, 6.07) is 4.52. The fourth-order valence-corrected chi connectivity index (χ4v) is 3.60. The summed E-state index contributed by atoms with van der Waals surface area (Å²) >= 11 is 0. The second kappa shape index (κ2) is 6.22. The smallest absolute Gasteiger partial charge is 0.282 e. The van der Waals surface area contributed by atoms with Crippen molar-refractivity contribution in [2.75, 3.05) is 11.9 Å². The van der Waals surface area contributed by atoms with Crippen LogP contribution in [0.25, 0.3) is 0 Å². The summed E-state index contributed by atoms with van der Waals surface area (Å²) in [5.74, 6) is -3.37. The van der Waals surface area contributed by atoms with E-state index < -0.39 is 34.6 Å². The van der Waals surface area contributed by atoms with E-state index in [4.69, 9.17) is 10.5 Å². The number of benzene rings is 1. The summed E-state index contributed by atoms with van der Waals surface area (Å²) in [6.45, 7) is 2.11. The van der Waals surface area contributed by atoms with E-state index in [0.29, 0.717) is 12.7 Å². The van der Waals surface area contributed by atoms with Crippen LogP contribution in [0.4, 0.5) is 18.9 Å². The number of hydrogen-bond donors (Lipinski definition) is 2. The number of nitrogens with one attached hydrogen (secondary N) is 1. The summed E-state index contributed by atoms with van der Waals surface area (Å²) < 4.78 is 46.8. The Morgan fingerprint density at radius 1 is 1.21 bits per heavy atom. The molecule has 28 heavy (non-hydrogen) atoms. The molecule has 1 aromatic heterocycles. The van der Waals surface area contributed by atoms with Gasteiger partial charge in [-0.1, -0.05) is 0 Å². The number of nitrogens with zero attached hydrogens (tertiary/aromatic N) is 2. The topological polar surface area (TPSA) is 89.6 Å². The zero-order chi connectivity index (χ0) is 20.1. The Bertz CT molecular complexity index is 1010. The highest BCUT2D eigenvalue weighted by molar-refractivity contribution is 6.03. The zero-order valence-corrected chi connectivity index (χ0v) is 14.9. The van der Waals surface area contributed by atoms with Crippen LogP contribution in [0.1, 0.15) is 35.8 Å². The van der Waals surface area contributed by atoms with Gasteiger partial charge in [-0.2, -0.15) is 0 Å². The van der Waals surface area contributed by atoms with Gasteiger partial charge in [-0.3, -0.25) is 4.79 Å². The number of hydrogen-bond acceptors (Lipinski definition) is 5. The summed E-state index contributed by atoms with van der Waals surface area (Å²) in [4.78, 5) is 20.1. The van der Waals surface area contributed by atoms with Crippen molar-refractivity contribution in [1.82, 2.24) is 4.98 Å². The van der Waals surface area contributed by atoms with Crippen molar-refractivity contribution in [3.8, 4) is 0 Å². The van der Waals surface area contributed by atoms with Crippen molar-refractivity contribution < 1.29 is 22.7 Å². The number of nitrogens with two attached hydrogens (primary N) is 1. The number of aromatic nitrogens is 1. The maximum absolute atomic E-state index is 14.7. The number of anilines is 1. The van der Waals surface area contributed by atoms with Crippen LogP contribution in [0.2, 0.25) is 0 Å². The molecule has 1 aliphatic heterocycles. The van der Waals surface area contributed by atoms with Gasteiger partial charge in [0.25, 0.3) is 11.9 Å². The van der Waals surface area contributed by atoms with Crippen LogP contribution in [0.5, 0.6) is 0 Å². The van der Waals surface area contributed by atoms with E-state index in [-0.39, 0.29) is 22.7 Å². The molecule has 1 spiro atoms. The average molecular weight is 390 g/mol. The summed E-state index contributed by atoms with van der Waals surface area (Å²) in [6.07, 6.45) is 2.35. The molecule has 1 fully saturated rings. The van der Waals surface area contributed by atoms with E-state index in [0.717, 1.165) is 19.0 Å². The van der Waals surface area contributed by atoms with E-state index in [1.54, 1.807) is 6.92 Å². The number of pyridine rings is 1. The lowest BCUT2D eigenvalue weighted by molar-refractivity contribution is 0.101. The number of amides is 1. The van der Waals surface area contributed by atoms with Gasteiger partial charge < -0.3 is 15.8 Å². The Morgan fingerprint density at radius 2 is 1.96 bits per heavy atom. The Balaban J connectivity index is 1.68. The first-order valence-electron chi connectivity index (χ1n) is 8.65. The molecule has 3 N–H and O–H groups in total. The largest absolute Gasteiger partial charge is 0.465 e. The van der Waals surface area contributed by atoms with E-state index in [9.17, 15) is 18.0 Å². The predicted octanol–water partition coefficient (Wildman–Crippen LogP) is 3.09. The third-order valence-electron chi connectivity index (χ3n) is 5.49. The highest BCUT2D eigenvalue weighted by Gasteiger charge is 2.61. The van der Waals surface area contributed by atoms with Crippen LogP contribution in [0.3, 0.4) is 0 Å². The molecule has 1 amide bonds. The Labute approximate surface area is 158 Å². The summed E-state index contributed by atoms with van der Waals surface area (Å²) in [5.41, 5.74) is 4.32. The van der Waals surface area contributed by atoms with E-state index in [1.807, 2.05) is 0 Å². The first-order valence-corrected chi connectivity index (χ1v) is 8.65. The molecule has 1 atom stereocenters. The van der Waals surface area contributed by atoms with Crippen molar-refractivity contribution >= 4 is 17.6 Å². The van der Waals surface area contributed by atoms with Crippen LogP contribution >= 0.6 is 0 Å². The van der Waals surface area contributed by atoms with Crippen molar-refractivity contribution in [1.29, 1.82) is 0 Å². The second-order valence-electron chi connectivity index (χ2n) is 7.22. The lowest BCUT2D eigenvalue weighted by atomic mass is 9.76. The molecule has 0 bridgehead atoms. The monoisotopic (exact) mass is 390 g/mol. The predicted molar refractivity (Wildman–Crippen MR) is 95.1 cm³/mol. The van der Waals surface area contributed by atoms with Gasteiger partial charge in [-0.05, 0) is 38.0 Å². The second-order valence-corrected chi connectivity index (χ2v) is 7.22. The molecule has 6 nitrogen and oxygen atoms in total. The molecule has 0 saturated heterocycles. The minimum absolute atomic E-state index is 0.0218. The minimum Gasteiger partial charge on any atom is -0.465 e. The summed E-state index contributed by atoms with van der Waals surface area (Å²) in [5, 5.41) is 2.46. The van der Waals surface area contributed by atoms with Gasteiger partial charge in [0.15, 0.2) is 11.5 Å². The van der Waals surface area contributed by atoms with Gasteiger partial charge >= 0.3 is 0 Å². The zero-order valence-electron chi connectivity index (χ0n) is 14.9. The lowest BCUT2D eigenvalue weighted by Crippen LogP contribution is -2.43. The maximum atomic E-state index is 14.7. The Hall–Kier alpha value is -3.10. The van der Waals surface area contributed by atoms with Crippen LogP contribution in [0, 0.1) is 22.9 Å². The van der Waals surface area contributed by atoms with Gasteiger partial charge in [-0.15, -0.1) is 0 Å². The standard InChI is InChI=1S/C19H17F3N4O2/c1-18(19(4-5-19)9-28-17(23)26-18)12-7-11(2-3-13(12)21)25-16(27)15-14(22)6-10(20)8-24-15/h2-3,6-8H,4-5,9H2,1H3,(H2,23,26)(H,25,27). The first kappa shape index (κ1) is 18.3. The fraction of sp³-hybridized carbons (Fsp3) is 0.316. The van der Waals surface area contributed by atoms with E-state index >= 15 is 0 Å². The lowest BCUT2D eigenvalue weighted by Gasteiger charge is -2.38. The number of carbonyl (C=O) groups is 1. The van der Waals surface area contributed by atoms with Crippen molar-refractivity contribution in [2.24, 2.45) is 16.1 Å². The molecule has 1 aliphatic carbocycles. The third-order valence-corrected chi connectivity index (χ3v) is 5.49. The molecule has 1 saturated carbocycles. The van der Waals surface area contributed by atoms with Crippen LogP contribution in [-0.4, -0.2) is 23.5 Å². The molecule has 0 radical (unpaired) electrons. The number of halogens is 3. The molecule has 4 rings (SSSR count). The minimum atomic E-state index is -1.09. The van der Waals surface area contributed by atoms with Gasteiger partial charge in [0.05, 0.1) is 12.8 Å². The summed E-state index contributed by atoms with van der Waals surface area (Å²) in [7, 11) is 0. The van der Waals surface area contributed by atoms with Crippen LogP contribution < -0.4 is 11.1 Å². The average Bonchev–Trinajstić information content (AvgIpc) is 3.41. The number of amidine groups is 1. The molecule has 2 heterocycles. The molecular formula is C19H17F3N4O2. The number of aliphatic imine (C=N–C) groups is 1. The number of rotatable bonds is 3. The van der Waals surface area contributed by atoms with Gasteiger partial charge in [0, 0.05) is 22.7 Å². The van der Waals surface area contributed by atoms with Gasteiger partial charge in [-0.25, -0.2) is 23.1 Å². The number of carbonyl (C=O) groups excluding carboxylic acids is 1. The van der Waals surface area contributed by atoms with Crippen molar-refractivity contribution in [3.05, 3.63) is 59.2 Å². The molecule has 2 aromatic rings. The molecule has 1 unspecified atom stereocenters. The normalized spacial score (nSPS) is 22.4. The van der Waals surface area contributed by atoms with Crippen molar-refractivity contribution in [2.45, 2.75) is 25.3 Å². The fourth-order valence-electron chi connectivity index (χ4n) is 3.60. The Kier molecular flexibility index (Phi) is 4.06. The van der Waals surface area contributed by atoms with Crippen LogP contribution in [0.15, 0.2) is 35.5 Å². The molecule has 2 aliphatic rings. The highest BCUT2D eigenvalue weighted by atomic mass is 19.1. The molecular weight excluding hydrogens is 373 g/mol. The number of ether oxygens (including phenoxy) is 1.